The van der Waals surface area contributed by atoms with E-state index in [0.717, 1.165) is 25.7 Å². The molecule has 0 aromatic carbocycles. The van der Waals surface area contributed by atoms with E-state index in [1.165, 1.54) is 103 Å². The number of rotatable bonds is 32. The highest BCUT2D eigenvalue weighted by Crippen LogP contribution is 2.14. The first-order chi connectivity index (χ1) is 22.1. The van der Waals surface area contributed by atoms with Gasteiger partial charge in [0.1, 0.15) is 6.61 Å². The molecule has 0 aliphatic rings. The molecule has 0 aromatic rings. The number of unbranched alkanes of at least 4 members (excludes halogenated alkanes) is 16. The minimum absolute atomic E-state index is 0.0523. The topological polar surface area (TPSA) is 99.1 Å². The highest BCUT2D eigenvalue weighted by molar-refractivity contribution is 5.72. The normalized spacial score (nSPS) is 13.3. The van der Waals surface area contributed by atoms with Gasteiger partial charge in [0, 0.05) is 19.8 Å². The molecule has 0 aliphatic heterocycles. The van der Waals surface area contributed by atoms with Gasteiger partial charge >= 0.3 is 17.9 Å². The van der Waals surface area contributed by atoms with Crippen molar-refractivity contribution in [3.8, 4) is 0 Å². The number of carbonyl (C=O) groups is 3. The lowest BCUT2D eigenvalue weighted by atomic mass is 10.0. The summed E-state index contributed by atoms with van der Waals surface area (Å²) >= 11 is 0. The molecule has 8 nitrogen and oxygen atoms in total. The van der Waals surface area contributed by atoms with Crippen molar-refractivity contribution >= 4 is 17.9 Å². The van der Waals surface area contributed by atoms with Crippen molar-refractivity contribution in [3.05, 3.63) is 24.3 Å². The molecule has 8 heteroatoms. The Morgan fingerprint density at radius 1 is 0.696 bits per heavy atom. The summed E-state index contributed by atoms with van der Waals surface area (Å²) in [5.41, 5.74) is 0. The number of aliphatic carboxylic acids is 1. The Kier molecular flexibility index (Phi) is 28.7. The lowest BCUT2D eigenvalue weighted by molar-refractivity contribution is -0.887. The molecule has 0 fully saturated rings. The number of carboxylic acids is 1. The first-order valence-corrected chi connectivity index (χ1v) is 18.3. The van der Waals surface area contributed by atoms with Gasteiger partial charge in [0.05, 0.1) is 34.4 Å². The van der Waals surface area contributed by atoms with E-state index >= 15 is 0 Å². The van der Waals surface area contributed by atoms with Gasteiger partial charge in [-0.25, -0.2) is 4.79 Å². The lowest BCUT2D eigenvalue weighted by Gasteiger charge is -2.31. The van der Waals surface area contributed by atoms with Gasteiger partial charge in [-0.05, 0) is 38.5 Å². The minimum atomic E-state index is -0.883. The predicted octanol–water partition coefficient (Wildman–Crippen LogP) is 8.96. The Bertz CT molecular complexity index is 818. The quantitative estimate of drug-likeness (QED) is 0.0335. The fourth-order valence-corrected chi connectivity index (χ4v) is 5.32. The van der Waals surface area contributed by atoms with Crippen molar-refractivity contribution < 1.29 is 38.2 Å². The smallest absolute Gasteiger partial charge is 0.362 e. The number of quaternary nitrogens is 1. The van der Waals surface area contributed by atoms with E-state index in [2.05, 4.69) is 31.2 Å². The van der Waals surface area contributed by atoms with Crippen LogP contribution in [-0.4, -0.2) is 80.6 Å². The van der Waals surface area contributed by atoms with E-state index < -0.39 is 24.1 Å². The van der Waals surface area contributed by atoms with Gasteiger partial charge in [-0.2, -0.15) is 0 Å². The molecule has 268 valence electrons. The molecule has 46 heavy (non-hydrogen) atoms. The molecule has 0 rings (SSSR count). The van der Waals surface area contributed by atoms with E-state index in [1.54, 1.807) is 0 Å². The fourth-order valence-electron chi connectivity index (χ4n) is 5.32. The van der Waals surface area contributed by atoms with Crippen LogP contribution >= 0.6 is 0 Å². The molecular formula is C38H70NO7+. The first kappa shape index (κ1) is 43.8. The Hall–Kier alpha value is -2.19. The molecule has 0 saturated carbocycles. The summed E-state index contributed by atoms with van der Waals surface area (Å²) < 4.78 is 16.4. The van der Waals surface area contributed by atoms with Crippen molar-refractivity contribution in [1.29, 1.82) is 0 Å². The zero-order valence-electron chi connectivity index (χ0n) is 30.3. The summed E-state index contributed by atoms with van der Waals surface area (Å²) in [6, 6.07) is -0.607. The largest absolute Gasteiger partial charge is 0.477 e. The van der Waals surface area contributed by atoms with Crippen LogP contribution in [0.1, 0.15) is 149 Å². The summed E-state index contributed by atoms with van der Waals surface area (Å²) in [5.74, 6) is -1.67. The Morgan fingerprint density at radius 3 is 1.67 bits per heavy atom. The number of hydrogen-bond donors (Lipinski definition) is 1. The van der Waals surface area contributed by atoms with Crippen molar-refractivity contribution in [3.63, 3.8) is 0 Å². The van der Waals surface area contributed by atoms with Crippen molar-refractivity contribution in [2.45, 2.75) is 161 Å². The van der Waals surface area contributed by atoms with Crippen molar-refractivity contribution in [2.24, 2.45) is 0 Å². The number of allylic oxidation sites excluding steroid dienone is 4. The van der Waals surface area contributed by atoms with Crippen molar-refractivity contribution in [2.75, 3.05) is 41.0 Å². The number of carboxylic acid groups (broad SMARTS) is 1. The van der Waals surface area contributed by atoms with Crippen LogP contribution < -0.4 is 0 Å². The fraction of sp³-hybridized carbons (Fsp3) is 0.816. The third-order valence-corrected chi connectivity index (χ3v) is 8.16. The molecule has 0 bridgehead atoms. The zero-order valence-corrected chi connectivity index (χ0v) is 30.3. The van der Waals surface area contributed by atoms with E-state index in [-0.39, 0.29) is 30.3 Å². The van der Waals surface area contributed by atoms with Crippen molar-refractivity contribution in [1.82, 2.24) is 0 Å². The molecular weight excluding hydrogens is 582 g/mol. The molecule has 0 aliphatic carbocycles. The average molecular weight is 653 g/mol. The lowest BCUT2D eigenvalue weighted by Crippen LogP contribution is -2.50. The number of hydrogen-bond acceptors (Lipinski definition) is 6. The Balaban J connectivity index is 3.79. The third-order valence-electron chi connectivity index (χ3n) is 8.16. The van der Waals surface area contributed by atoms with E-state index in [0.29, 0.717) is 12.8 Å². The predicted molar refractivity (Wildman–Crippen MR) is 188 cm³/mol. The van der Waals surface area contributed by atoms with Crippen LogP contribution in [0, 0.1) is 0 Å². The zero-order chi connectivity index (χ0) is 34.3. The van der Waals surface area contributed by atoms with Gasteiger partial charge in [-0.1, -0.05) is 115 Å². The molecule has 1 N–H and O–H groups in total. The van der Waals surface area contributed by atoms with Gasteiger partial charge in [0.25, 0.3) is 0 Å². The molecule has 0 amide bonds. The standard InChI is InChI=1S/C38H69NO7/c1-6-7-8-9-10-11-12-13-14-15-16-17-18-19-20-21-22-23-24-25-26-27-28-29-37(41)46-35(33-45-34(2)40)32-44-31-30-36(38(42)43)39(3,4)5/h12-13,15-16,35-36H,6-11,14,17-33H2,1-5H3/p+1/b13-12-,16-15-. The van der Waals surface area contributed by atoms with Crippen LogP contribution in [0.15, 0.2) is 24.3 Å². The molecule has 0 saturated heterocycles. The number of carbonyl (C=O) groups excluding carboxylic acids is 2. The Labute approximate surface area is 281 Å². The second kappa shape index (κ2) is 30.2. The Morgan fingerprint density at radius 2 is 1.20 bits per heavy atom. The highest BCUT2D eigenvalue weighted by atomic mass is 16.6. The van der Waals surface area contributed by atoms with Crippen LogP contribution in [0.25, 0.3) is 0 Å². The monoisotopic (exact) mass is 653 g/mol. The van der Waals surface area contributed by atoms with Crippen LogP contribution in [0.3, 0.4) is 0 Å². The molecule has 0 aromatic heterocycles. The highest BCUT2D eigenvalue weighted by Gasteiger charge is 2.31. The van der Waals surface area contributed by atoms with Gasteiger partial charge in [0.2, 0.25) is 0 Å². The number of likely N-dealkylation sites (N-methyl/N-ethyl adjacent to an activating group) is 1. The van der Waals surface area contributed by atoms with Crippen LogP contribution in [-0.2, 0) is 28.6 Å². The second-order valence-electron chi connectivity index (χ2n) is 13.6. The molecule has 0 spiro atoms. The third kappa shape index (κ3) is 29.2. The van der Waals surface area contributed by atoms with Crippen LogP contribution in [0.2, 0.25) is 0 Å². The SMILES string of the molecule is CCCCCCC/C=C\C/C=C\CCCCCCCCCCCCCC(=O)OC(COCCC(C(=O)O)[N+](C)(C)C)COC(C)=O. The maximum Gasteiger partial charge on any atom is 0.362 e. The van der Waals surface area contributed by atoms with Crippen LogP contribution in [0.5, 0.6) is 0 Å². The number of esters is 2. The summed E-state index contributed by atoms with van der Waals surface area (Å²) in [6.07, 6.45) is 32.7. The molecule has 0 heterocycles. The maximum atomic E-state index is 12.4. The van der Waals surface area contributed by atoms with Gasteiger partial charge in [-0.3, -0.25) is 9.59 Å². The second-order valence-corrected chi connectivity index (χ2v) is 13.6. The van der Waals surface area contributed by atoms with E-state index in [1.807, 2.05) is 21.1 Å². The molecule has 2 unspecified atom stereocenters. The maximum absolute atomic E-state index is 12.4. The van der Waals surface area contributed by atoms with Gasteiger partial charge in [-0.15, -0.1) is 0 Å². The van der Waals surface area contributed by atoms with Gasteiger partial charge < -0.3 is 23.8 Å². The van der Waals surface area contributed by atoms with E-state index in [9.17, 15) is 19.5 Å². The van der Waals surface area contributed by atoms with Crippen LogP contribution in [0.4, 0.5) is 0 Å². The molecule has 0 radical (unpaired) electrons. The van der Waals surface area contributed by atoms with Gasteiger partial charge in [0.15, 0.2) is 12.1 Å². The van der Waals surface area contributed by atoms with E-state index in [4.69, 9.17) is 14.2 Å². The first-order valence-electron chi connectivity index (χ1n) is 18.3. The summed E-state index contributed by atoms with van der Waals surface area (Å²) in [5, 5.41) is 9.45. The minimum Gasteiger partial charge on any atom is -0.477 e. The average Bonchev–Trinajstić information content (AvgIpc) is 2.99. The summed E-state index contributed by atoms with van der Waals surface area (Å²) in [6.45, 7) is 3.74. The molecule has 2 atom stereocenters. The summed E-state index contributed by atoms with van der Waals surface area (Å²) in [4.78, 5) is 35.1. The summed E-state index contributed by atoms with van der Waals surface area (Å²) in [7, 11) is 5.47. The number of ether oxygens (including phenoxy) is 3. The number of nitrogens with zero attached hydrogens (tertiary/aromatic N) is 1.